The molecule has 1 N–H and O–H groups in total. The smallest absolute Gasteiger partial charge is 0.0408 e. The molecule has 0 bridgehead atoms. The Balaban J connectivity index is 1.90. The highest BCUT2D eigenvalue weighted by molar-refractivity contribution is 9.10. The van der Waals surface area contributed by atoms with Gasteiger partial charge in [-0.3, -0.25) is 0 Å². The van der Waals surface area contributed by atoms with Gasteiger partial charge >= 0.3 is 0 Å². The zero-order valence-corrected chi connectivity index (χ0v) is 12.6. The Morgan fingerprint density at radius 1 is 1.29 bits per heavy atom. The lowest BCUT2D eigenvalue weighted by atomic mass is 10.1. The van der Waals surface area contributed by atoms with E-state index < -0.39 is 0 Å². The molecule has 1 heterocycles. The van der Waals surface area contributed by atoms with Crippen LogP contribution in [-0.2, 0) is 13.1 Å². The summed E-state index contributed by atoms with van der Waals surface area (Å²) in [5, 5.41) is 6.34. The third kappa shape index (κ3) is 3.81. The summed E-state index contributed by atoms with van der Waals surface area (Å²) in [7, 11) is 0. The fourth-order valence-corrected chi connectivity index (χ4v) is 3.27. The average molecular weight is 331 g/mol. The number of benzene rings is 1. The molecule has 0 atom stereocenters. The van der Waals surface area contributed by atoms with E-state index in [4.69, 9.17) is 11.6 Å². The molecular formula is C13H13BrClNS. The molecule has 0 spiro atoms. The Labute approximate surface area is 119 Å². The molecule has 0 saturated heterocycles. The van der Waals surface area contributed by atoms with E-state index in [1.165, 1.54) is 16.0 Å². The van der Waals surface area contributed by atoms with Crippen molar-refractivity contribution in [1.29, 1.82) is 0 Å². The van der Waals surface area contributed by atoms with Gasteiger partial charge in [-0.1, -0.05) is 17.7 Å². The van der Waals surface area contributed by atoms with Gasteiger partial charge in [0, 0.05) is 32.8 Å². The first kappa shape index (κ1) is 13.1. The van der Waals surface area contributed by atoms with Crippen LogP contribution in [0.3, 0.4) is 0 Å². The van der Waals surface area contributed by atoms with Crippen LogP contribution < -0.4 is 5.32 Å². The number of halogens is 2. The summed E-state index contributed by atoms with van der Waals surface area (Å²) in [5.74, 6) is 0. The van der Waals surface area contributed by atoms with Gasteiger partial charge in [-0.05, 0) is 52.2 Å². The number of rotatable bonds is 4. The molecule has 0 saturated carbocycles. The summed E-state index contributed by atoms with van der Waals surface area (Å²) in [5.41, 5.74) is 2.53. The molecule has 1 nitrogen and oxygen atoms in total. The molecule has 0 unspecified atom stereocenters. The maximum Gasteiger partial charge on any atom is 0.0408 e. The van der Waals surface area contributed by atoms with E-state index in [0.717, 1.165) is 22.6 Å². The van der Waals surface area contributed by atoms with Crippen molar-refractivity contribution in [2.75, 3.05) is 0 Å². The van der Waals surface area contributed by atoms with Crippen LogP contribution in [0.5, 0.6) is 0 Å². The highest BCUT2D eigenvalue weighted by Crippen LogP contribution is 2.20. The van der Waals surface area contributed by atoms with Crippen LogP contribution in [0.4, 0.5) is 0 Å². The van der Waals surface area contributed by atoms with Gasteiger partial charge in [-0.15, -0.1) is 11.3 Å². The van der Waals surface area contributed by atoms with Crippen LogP contribution in [0, 0.1) is 6.92 Å². The molecular weight excluding hydrogens is 318 g/mol. The van der Waals surface area contributed by atoms with Crippen LogP contribution in [-0.4, -0.2) is 0 Å². The number of hydrogen-bond donors (Lipinski definition) is 1. The predicted molar refractivity (Wildman–Crippen MR) is 78.8 cm³/mol. The van der Waals surface area contributed by atoms with Crippen molar-refractivity contribution in [3.8, 4) is 0 Å². The largest absolute Gasteiger partial charge is 0.308 e. The summed E-state index contributed by atoms with van der Waals surface area (Å²) < 4.78 is 1.15. The van der Waals surface area contributed by atoms with Crippen molar-refractivity contribution >= 4 is 38.9 Å². The third-order valence-electron chi connectivity index (χ3n) is 2.54. The second-order valence-corrected chi connectivity index (χ2v) is 6.25. The molecule has 17 heavy (non-hydrogen) atoms. The van der Waals surface area contributed by atoms with E-state index in [1.54, 1.807) is 11.3 Å². The SMILES string of the molecule is Cc1cc(Cl)ccc1CNCc1cc(Br)cs1. The monoisotopic (exact) mass is 329 g/mol. The fraction of sp³-hybridized carbons (Fsp3) is 0.231. The molecule has 1 aromatic heterocycles. The number of aryl methyl sites for hydroxylation is 1. The first-order valence-corrected chi connectivity index (χ1v) is 7.39. The summed E-state index contributed by atoms with van der Waals surface area (Å²) in [6.45, 7) is 3.86. The quantitative estimate of drug-likeness (QED) is 0.852. The maximum atomic E-state index is 5.93. The van der Waals surface area contributed by atoms with Gasteiger partial charge in [0.25, 0.3) is 0 Å². The standard InChI is InChI=1S/C13H13BrClNS/c1-9-4-12(15)3-2-10(9)6-16-7-13-5-11(14)8-17-13/h2-5,8,16H,6-7H2,1H3. The van der Waals surface area contributed by atoms with Crippen molar-refractivity contribution in [3.63, 3.8) is 0 Å². The Bertz CT molecular complexity index is 510. The van der Waals surface area contributed by atoms with Crippen LogP contribution in [0.2, 0.25) is 5.02 Å². The second kappa shape index (κ2) is 6.01. The summed E-state index contributed by atoms with van der Waals surface area (Å²) in [6, 6.07) is 8.16. The lowest BCUT2D eigenvalue weighted by molar-refractivity contribution is 0.698. The van der Waals surface area contributed by atoms with Crippen molar-refractivity contribution < 1.29 is 0 Å². The van der Waals surface area contributed by atoms with Crippen molar-refractivity contribution in [3.05, 3.63) is 55.1 Å². The van der Waals surface area contributed by atoms with Gasteiger partial charge in [0.05, 0.1) is 0 Å². The van der Waals surface area contributed by atoms with E-state index in [2.05, 4.69) is 45.7 Å². The Hall–Kier alpha value is -0.350. The molecule has 0 aliphatic carbocycles. The first-order valence-electron chi connectivity index (χ1n) is 5.34. The van der Waals surface area contributed by atoms with E-state index in [-0.39, 0.29) is 0 Å². The third-order valence-corrected chi connectivity index (χ3v) is 4.47. The highest BCUT2D eigenvalue weighted by atomic mass is 79.9. The van der Waals surface area contributed by atoms with Gasteiger partial charge in [0.1, 0.15) is 0 Å². The minimum atomic E-state index is 0.799. The van der Waals surface area contributed by atoms with Crippen LogP contribution in [0.25, 0.3) is 0 Å². The van der Waals surface area contributed by atoms with Crippen molar-refractivity contribution in [2.24, 2.45) is 0 Å². The van der Waals surface area contributed by atoms with E-state index in [0.29, 0.717) is 0 Å². The fourth-order valence-electron chi connectivity index (χ4n) is 1.62. The zero-order valence-electron chi connectivity index (χ0n) is 9.47. The molecule has 0 radical (unpaired) electrons. The van der Waals surface area contributed by atoms with Gasteiger partial charge in [-0.25, -0.2) is 0 Å². The Kier molecular flexibility index (Phi) is 4.62. The van der Waals surface area contributed by atoms with E-state index in [1.807, 2.05) is 12.1 Å². The molecule has 2 aromatic rings. The predicted octanol–water partition coefficient (Wildman–Crippen LogP) is 4.76. The van der Waals surface area contributed by atoms with Crippen molar-refractivity contribution in [1.82, 2.24) is 5.32 Å². The zero-order chi connectivity index (χ0) is 12.3. The minimum absolute atomic E-state index is 0.799. The van der Waals surface area contributed by atoms with Crippen LogP contribution in [0.1, 0.15) is 16.0 Å². The van der Waals surface area contributed by atoms with Gasteiger partial charge in [0.15, 0.2) is 0 Å². The molecule has 1 aromatic carbocycles. The Morgan fingerprint density at radius 3 is 2.76 bits per heavy atom. The van der Waals surface area contributed by atoms with E-state index >= 15 is 0 Å². The topological polar surface area (TPSA) is 12.0 Å². The van der Waals surface area contributed by atoms with Crippen LogP contribution in [0.15, 0.2) is 34.1 Å². The minimum Gasteiger partial charge on any atom is -0.308 e. The van der Waals surface area contributed by atoms with E-state index in [9.17, 15) is 0 Å². The Morgan fingerprint density at radius 2 is 2.12 bits per heavy atom. The molecule has 0 aliphatic rings. The second-order valence-electron chi connectivity index (χ2n) is 3.91. The molecule has 0 amide bonds. The maximum absolute atomic E-state index is 5.93. The highest BCUT2D eigenvalue weighted by Gasteiger charge is 2.00. The van der Waals surface area contributed by atoms with Crippen molar-refractivity contribution in [2.45, 2.75) is 20.0 Å². The molecule has 0 aliphatic heterocycles. The molecule has 4 heteroatoms. The lowest BCUT2D eigenvalue weighted by Crippen LogP contribution is -2.12. The summed E-state index contributed by atoms with van der Waals surface area (Å²) >= 11 is 11.1. The molecule has 0 fully saturated rings. The van der Waals surface area contributed by atoms with Gasteiger partial charge in [-0.2, -0.15) is 0 Å². The summed E-state index contributed by atoms with van der Waals surface area (Å²) in [6.07, 6.45) is 0. The van der Waals surface area contributed by atoms with Gasteiger partial charge < -0.3 is 5.32 Å². The first-order chi connectivity index (χ1) is 8.15. The van der Waals surface area contributed by atoms with Crippen LogP contribution >= 0.6 is 38.9 Å². The number of hydrogen-bond acceptors (Lipinski definition) is 2. The molecule has 90 valence electrons. The lowest BCUT2D eigenvalue weighted by Gasteiger charge is -2.07. The summed E-state index contributed by atoms with van der Waals surface area (Å²) in [4.78, 5) is 1.34. The normalized spacial score (nSPS) is 10.8. The number of nitrogens with one attached hydrogen (secondary N) is 1. The van der Waals surface area contributed by atoms with Gasteiger partial charge in [0.2, 0.25) is 0 Å². The molecule has 2 rings (SSSR count). The average Bonchev–Trinajstić information content (AvgIpc) is 2.68. The number of thiophene rings is 1.